The number of ether oxygens (including phenoxy) is 2. The van der Waals surface area contributed by atoms with Gasteiger partial charge in [0.2, 0.25) is 5.91 Å². The normalized spacial score (nSPS) is 18.3. The zero-order valence-corrected chi connectivity index (χ0v) is 17.1. The number of carbonyl (C=O) groups is 2. The molecule has 3 rings (SSSR count). The highest BCUT2D eigenvalue weighted by molar-refractivity contribution is 5.91. The number of H-pyrrole nitrogens is 1. The van der Waals surface area contributed by atoms with Gasteiger partial charge in [0.1, 0.15) is 11.9 Å². The van der Waals surface area contributed by atoms with Crippen LogP contribution in [0.5, 0.6) is 5.75 Å². The summed E-state index contributed by atoms with van der Waals surface area (Å²) in [5.41, 5.74) is 1.85. The molecule has 2 unspecified atom stereocenters. The van der Waals surface area contributed by atoms with Gasteiger partial charge in [0.15, 0.2) is 5.82 Å². The van der Waals surface area contributed by atoms with E-state index in [0.717, 1.165) is 36.3 Å². The second-order valence-corrected chi connectivity index (χ2v) is 7.31. The van der Waals surface area contributed by atoms with Crippen molar-refractivity contribution in [3.8, 4) is 5.75 Å². The predicted octanol–water partition coefficient (Wildman–Crippen LogP) is 3.32. The molecule has 1 aliphatic carbocycles. The van der Waals surface area contributed by atoms with Gasteiger partial charge in [-0.1, -0.05) is 12.1 Å². The molecule has 2 aromatic rings. The molecule has 1 heterocycles. The summed E-state index contributed by atoms with van der Waals surface area (Å²) in [6, 6.07) is 9.25. The fraction of sp³-hybridized carbons (Fsp3) is 0.476. The summed E-state index contributed by atoms with van der Waals surface area (Å²) >= 11 is 0. The van der Waals surface area contributed by atoms with Crippen molar-refractivity contribution >= 4 is 17.8 Å². The standard InChI is InChI=1S/C21H28N4O4/c1-4-25(2)21(27)29-17-10-7-15(12-17)18-13-19(24-23-18)22-20(26)11-14-5-8-16(28-3)9-6-14/h5-6,8-9,13,15,17H,4,7,10-12H2,1-3H3,(H2,22,23,24,26). The molecule has 2 amide bonds. The van der Waals surface area contributed by atoms with Crippen LogP contribution in [0.4, 0.5) is 10.6 Å². The fourth-order valence-corrected chi connectivity index (χ4v) is 3.42. The van der Waals surface area contributed by atoms with Gasteiger partial charge in [-0.3, -0.25) is 9.89 Å². The first-order valence-corrected chi connectivity index (χ1v) is 9.88. The van der Waals surface area contributed by atoms with Crippen molar-refractivity contribution in [3.05, 3.63) is 41.6 Å². The molecule has 1 aromatic carbocycles. The lowest BCUT2D eigenvalue weighted by molar-refractivity contribution is -0.115. The summed E-state index contributed by atoms with van der Waals surface area (Å²) in [5.74, 6) is 1.37. The number of rotatable bonds is 7. The van der Waals surface area contributed by atoms with Crippen LogP contribution in [0.2, 0.25) is 0 Å². The van der Waals surface area contributed by atoms with Crippen LogP contribution in [0, 0.1) is 0 Å². The molecular formula is C21H28N4O4. The first-order chi connectivity index (χ1) is 14.0. The Balaban J connectivity index is 1.50. The van der Waals surface area contributed by atoms with Gasteiger partial charge >= 0.3 is 6.09 Å². The first kappa shape index (κ1) is 20.7. The highest BCUT2D eigenvalue weighted by Gasteiger charge is 2.30. The van der Waals surface area contributed by atoms with Gasteiger partial charge in [-0.15, -0.1) is 0 Å². The van der Waals surface area contributed by atoms with Crippen molar-refractivity contribution < 1.29 is 19.1 Å². The van der Waals surface area contributed by atoms with E-state index < -0.39 is 0 Å². The van der Waals surface area contributed by atoms with Crippen LogP contribution in [0.1, 0.15) is 43.4 Å². The molecule has 1 aromatic heterocycles. The average molecular weight is 400 g/mol. The number of amides is 2. The van der Waals surface area contributed by atoms with E-state index in [9.17, 15) is 9.59 Å². The number of aromatic nitrogens is 2. The number of benzene rings is 1. The topological polar surface area (TPSA) is 96.6 Å². The SMILES string of the molecule is CCN(C)C(=O)OC1CCC(c2cc(NC(=O)Cc3ccc(OC)cc3)n[nH]2)C1. The van der Waals surface area contributed by atoms with Crippen molar-refractivity contribution in [2.75, 3.05) is 26.0 Å². The third kappa shape index (κ3) is 5.49. The van der Waals surface area contributed by atoms with Crippen LogP contribution in [-0.2, 0) is 16.0 Å². The van der Waals surface area contributed by atoms with E-state index in [1.807, 2.05) is 37.3 Å². The Kier molecular flexibility index (Phi) is 6.74. The van der Waals surface area contributed by atoms with Crippen molar-refractivity contribution in [2.24, 2.45) is 0 Å². The Morgan fingerprint density at radius 1 is 1.28 bits per heavy atom. The second kappa shape index (κ2) is 9.45. The molecule has 1 saturated carbocycles. The number of anilines is 1. The predicted molar refractivity (Wildman–Crippen MR) is 109 cm³/mol. The van der Waals surface area contributed by atoms with Gasteiger partial charge in [0.25, 0.3) is 0 Å². The lowest BCUT2D eigenvalue weighted by Gasteiger charge is -2.18. The van der Waals surface area contributed by atoms with Crippen LogP contribution in [-0.4, -0.2) is 53.9 Å². The van der Waals surface area contributed by atoms with Crippen molar-refractivity contribution in [2.45, 2.75) is 44.6 Å². The lowest BCUT2D eigenvalue weighted by atomic mass is 10.0. The first-order valence-electron chi connectivity index (χ1n) is 9.88. The molecule has 8 heteroatoms. The number of hydrogen-bond acceptors (Lipinski definition) is 5. The zero-order valence-electron chi connectivity index (χ0n) is 17.1. The largest absolute Gasteiger partial charge is 0.497 e. The van der Waals surface area contributed by atoms with Crippen LogP contribution in [0.15, 0.2) is 30.3 Å². The molecular weight excluding hydrogens is 372 g/mol. The smallest absolute Gasteiger partial charge is 0.409 e. The minimum Gasteiger partial charge on any atom is -0.497 e. The van der Waals surface area contributed by atoms with E-state index in [4.69, 9.17) is 9.47 Å². The maximum Gasteiger partial charge on any atom is 0.409 e. The molecule has 29 heavy (non-hydrogen) atoms. The molecule has 0 radical (unpaired) electrons. The molecule has 1 aliphatic rings. The number of methoxy groups -OCH3 is 1. The fourth-order valence-electron chi connectivity index (χ4n) is 3.42. The third-order valence-electron chi connectivity index (χ3n) is 5.27. The summed E-state index contributed by atoms with van der Waals surface area (Å²) in [6.07, 6.45) is 2.39. The molecule has 0 spiro atoms. The van der Waals surface area contributed by atoms with Gasteiger partial charge < -0.3 is 19.7 Å². The van der Waals surface area contributed by atoms with Crippen LogP contribution in [0.25, 0.3) is 0 Å². The van der Waals surface area contributed by atoms with Gasteiger partial charge in [-0.25, -0.2) is 4.79 Å². The number of nitrogens with zero attached hydrogens (tertiary/aromatic N) is 2. The van der Waals surface area contributed by atoms with Crippen LogP contribution >= 0.6 is 0 Å². The Morgan fingerprint density at radius 3 is 2.72 bits per heavy atom. The van der Waals surface area contributed by atoms with E-state index in [2.05, 4.69) is 15.5 Å². The molecule has 8 nitrogen and oxygen atoms in total. The number of hydrogen-bond donors (Lipinski definition) is 2. The summed E-state index contributed by atoms with van der Waals surface area (Å²) in [4.78, 5) is 25.7. The number of nitrogens with one attached hydrogen (secondary N) is 2. The molecule has 156 valence electrons. The monoisotopic (exact) mass is 400 g/mol. The van der Waals surface area contributed by atoms with Gasteiger partial charge in [-0.2, -0.15) is 5.10 Å². The van der Waals surface area contributed by atoms with Crippen molar-refractivity contribution in [3.63, 3.8) is 0 Å². The quantitative estimate of drug-likeness (QED) is 0.743. The van der Waals surface area contributed by atoms with E-state index in [1.54, 1.807) is 19.1 Å². The average Bonchev–Trinajstić information content (AvgIpc) is 3.37. The summed E-state index contributed by atoms with van der Waals surface area (Å²) in [5, 5.41) is 10.0. The van der Waals surface area contributed by atoms with Crippen LogP contribution in [0.3, 0.4) is 0 Å². The minimum atomic E-state index is -0.283. The van der Waals surface area contributed by atoms with Gasteiger partial charge in [-0.05, 0) is 43.9 Å². The lowest BCUT2D eigenvalue weighted by Crippen LogP contribution is -2.30. The number of aromatic amines is 1. The molecule has 2 atom stereocenters. The Bertz CT molecular complexity index is 833. The molecule has 0 bridgehead atoms. The van der Waals surface area contributed by atoms with E-state index in [-0.39, 0.29) is 30.4 Å². The van der Waals surface area contributed by atoms with E-state index in [0.29, 0.717) is 12.4 Å². The van der Waals surface area contributed by atoms with Gasteiger partial charge in [0.05, 0.1) is 13.5 Å². The minimum absolute atomic E-state index is 0.0853. The second-order valence-electron chi connectivity index (χ2n) is 7.31. The third-order valence-corrected chi connectivity index (χ3v) is 5.27. The molecule has 2 N–H and O–H groups in total. The maximum absolute atomic E-state index is 12.3. The number of carbonyl (C=O) groups excluding carboxylic acids is 2. The van der Waals surface area contributed by atoms with Crippen LogP contribution < -0.4 is 10.1 Å². The molecule has 1 fully saturated rings. The zero-order chi connectivity index (χ0) is 20.8. The molecule has 0 saturated heterocycles. The summed E-state index contributed by atoms with van der Waals surface area (Å²) in [6.45, 7) is 2.53. The van der Waals surface area contributed by atoms with Crippen molar-refractivity contribution in [1.29, 1.82) is 0 Å². The highest BCUT2D eigenvalue weighted by Crippen LogP contribution is 2.36. The summed E-state index contributed by atoms with van der Waals surface area (Å²) in [7, 11) is 3.33. The Labute approximate surface area is 170 Å². The Morgan fingerprint density at radius 2 is 2.03 bits per heavy atom. The van der Waals surface area contributed by atoms with Crippen molar-refractivity contribution in [1.82, 2.24) is 15.1 Å². The highest BCUT2D eigenvalue weighted by atomic mass is 16.6. The van der Waals surface area contributed by atoms with E-state index >= 15 is 0 Å². The Hall–Kier alpha value is -3.03. The van der Waals surface area contributed by atoms with Gasteiger partial charge in [0, 0.05) is 31.3 Å². The molecule has 0 aliphatic heterocycles. The van der Waals surface area contributed by atoms with E-state index in [1.165, 1.54) is 0 Å². The summed E-state index contributed by atoms with van der Waals surface area (Å²) < 4.78 is 10.7. The maximum atomic E-state index is 12.3.